The summed E-state index contributed by atoms with van der Waals surface area (Å²) >= 11 is 0. The summed E-state index contributed by atoms with van der Waals surface area (Å²) in [5.41, 5.74) is 3.18. The summed E-state index contributed by atoms with van der Waals surface area (Å²) in [6.45, 7) is 3.78. The number of hydrogen-bond donors (Lipinski definition) is 1. The molecule has 0 radical (unpaired) electrons. The molecule has 28 heavy (non-hydrogen) atoms. The Morgan fingerprint density at radius 1 is 1.11 bits per heavy atom. The van der Waals surface area contributed by atoms with Gasteiger partial charge < -0.3 is 14.6 Å². The number of imidazole rings is 1. The van der Waals surface area contributed by atoms with Gasteiger partial charge in [-0.1, -0.05) is 44.0 Å². The first-order valence-electron chi connectivity index (χ1n) is 10.0. The number of nitrogens with zero attached hydrogens (tertiary/aromatic N) is 2. The lowest BCUT2D eigenvalue weighted by Crippen LogP contribution is -2.28. The highest BCUT2D eigenvalue weighted by Gasteiger charge is 2.11. The van der Waals surface area contributed by atoms with E-state index in [0.29, 0.717) is 13.0 Å². The minimum Gasteiger partial charge on any atom is -0.497 e. The zero-order valence-electron chi connectivity index (χ0n) is 16.8. The second-order valence-electron chi connectivity index (χ2n) is 7.00. The number of carbonyl (C=O) groups excluding carboxylic acids is 1. The Hall–Kier alpha value is -2.82. The third kappa shape index (κ3) is 5.12. The van der Waals surface area contributed by atoms with Crippen molar-refractivity contribution >= 4 is 16.9 Å². The van der Waals surface area contributed by atoms with Crippen LogP contribution in [0.2, 0.25) is 0 Å². The van der Waals surface area contributed by atoms with E-state index in [2.05, 4.69) is 35.0 Å². The maximum atomic E-state index is 12.3. The first-order chi connectivity index (χ1) is 13.7. The molecule has 5 heteroatoms. The third-order valence-corrected chi connectivity index (χ3v) is 4.91. The fraction of sp³-hybridized carbons (Fsp3) is 0.391. The topological polar surface area (TPSA) is 56.2 Å². The summed E-state index contributed by atoms with van der Waals surface area (Å²) in [5.74, 6) is 1.87. The van der Waals surface area contributed by atoms with Crippen molar-refractivity contribution < 1.29 is 9.53 Å². The number of fused-ring (bicyclic) bond motifs is 1. The molecule has 0 aliphatic rings. The first-order valence-corrected chi connectivity index (χ1v) is 10.0. The summed E-state index contributed by atoms with van der Waals surface area (Å²) in [6.07, 6.45) is 4.66. The highest BCUT2D eigenvalue weighted by atomic mass is 16.5. The van der Waals surface area contributed by atoms with E-state index >= 15 is 0 Å². The highest BCUT2D eigenvalue weighted by Crippen LogP contribution is 2.17. The molecule has 0 aliphatic heterocycles. The molecule has 0 saturated heterocycles. The smallest absolute Gasteiger partial charge is 0.224 e. The minimum absolute atomic E-state index is 0.0267. The number of rotatable bonds is 10. The standard InChI is InChI=1S/C23H29N3O2/c1-3-4-7-16-26-21-9-6-5-8-20(21)25-22(26)14-15-24-23(27)17-18-10-12-19(28-2)13-11-18/h5-6,8-13H,3-4,7,14-17H2,1-2H3,(H,24,27). The van der Waals surface area contributed by atoms with Crippen LogP contribution >= 0.6 is 0 Å². The van der Waals surface area contributed by atoms with E-state index in [4.69, 9.17) is 9.72 Å². The number of hydrogen-bond acceptors (Lipinski definition) is 3. The third-order valence-electron chi connectivity index (χ3n) is 4.91. The van der Waals surface area contributed by atoms with Crippen LogP contribution in [0.5, 0.6) is 5.75 Å². The van der Waals surface area contributed by atoms with Gasteiger partial charge in [0, 0.05) is 19.5 Å². The molecule has 0 saturated carbocycles. The molecule has 148 valence electrons. The van der Waals surface area contributed by atoms with Crippen molar-refractivity contribution in [3.05, 3.63) is 59.9 Å². The summed E-state index contributed by atoms with van der Waals surface area (Å²) < 4.78 is 7.46. The molecule has 1 heterocycles. The van der Waals surface area contributed by atoms with Gasteiger partial charge in [-0.25, -0.2) is 4.98 Å². The number of ether oxygens (including phenoxy) is 1. The predicted octanol–water partition coefficient (Wildman–Crippen LogP) is 4.14. The van der Waals surface area contributed by atoms with Crippen LogP contribution in [0.1, 0.15) is 37.6 Å². The average Bonchev–Trinajstić information content (AvgIpc) is 3.06. The molecule has 0 unspecified atom stereocenters. The average molecular weight is 380 g/mol. The van der Waals surface area contributed by atoms with Gasteiger partial charge in [-0.05, 0) is 36.2 Å². The summed E-state index contributed by atoms with van der Waals surface area (Å²) in [7, 11) is 1.64. The zero-order chi connectivity index (χ0) is 19.8. The number of benzene rings is 2. The quantitative estimate of drug-likeness (QED) is 0.539. The van der Waals surface area contributed by atoms with Crippen molar-refractivity contribution in [2.75, 3.05) is 13.7 Å². The van der Waals surface area contributed by atoms with Crippen LogP contribution in [0.25, 0.3) is 11.0 Å². The molecule has 1 amide bonds. The van der Waals surface area contributed by atoms with Crippen molar-refractivity contribution in [2.24, 2.45) is 0 Å². The highest BCUT2D eigenvalue weighted by molar-refractivity contribution is 5.78. The van der Waals surface area contributed by atoms with E-state index in [9.17, 15) is 4.79 Å². The second-order valence-corrected chi connectivity index (χ2v) is 7.00. The van der Waals surface area contributed by atoms with Crippen molar-refractivity contribution in [1.29, 1.82) is 0 Å². The lowest BCUT2D eigenvalue weighted by molar-refractivity contribution is -0.120. The Bertz CT molecular complexity index is 900. The molecule has 5 nitrogen and oxygen atoms in total. The van der Waals surface area contributed by atoms with Crippen LogP contribution in [0.3, 0.4) is 0 Å². The lowest BCUT2D eigenvalue weighted by atomic mass is 10.1. The van der Waals surface area contributed by atoms with E-state index in [1.165, 1.54) is 18.4 Å². The number of aryl methyl sites for hydroxylation is 1. The van der Waals surface area contributed by atoms with Crippen molar-refractivity contribution in [3.63, 3.8) is 0 Å². The SMILES string of the molecule is CCCCCn1c(CCNC(=O)Cc2ccc(OC)cc2)nc2ccccc21. The van der Waals surface area contributed by atoms with Crippen LogP contribution in [0.4, 0.5) is 0 Å². The number of nitrogens with one attached hydrogen (secondary N) is 1. The molecule has 0 fully saturated rings. The molecule has 3 aromatic rings. The normalized spacial score (nSPS) is 10.9. The molecule has 0 bridgehead atoms. The summed E-state index contributed by atoms with van der Waals surface area (Å²) in [4.78, 5) is 17.0. The molecule has 1 N–H and O–H groups in total. The minimum atomic E-state index is 0.0267. The molecule has 0 aliphatic carbocycles. The Labute approximate surface area is 166 Å². The van der Waals surface area contributed by atoms with E-state index < -0.39 is 0 Å². The van der Waals surface area contributed by atoms with Gasteiger partial charge >= 0.3 is 0 Å². The Morgan fingerprint density at radius 3 is 2.64 bits per heavy atom. The van der Waals surface area contributed by atoms with Gasteiger partial charge in [-0.15, -0.1) is 0 Å². The van der Waals surface area contributed by atoms with Crippen molar-refractivity contribution in [1.82, 2.24) is 14.9 Å². The molecule has 0 atom stereocenters. The predicted molar refractivity (Wildman–Crippen MR) is 113 cm³/mol. The molecule has 3 rings (SSSR count). The Morgan fingerprint density at radius 2 is 1.89 bits per heavy atom. The van der Waals surface area contributed by atoms with Gasteiger partial charge in [0.15, 0.2) is 0 Å². The van der Waals surface area contributed by atoms with Crippen molar-refractivity contribution in [3.8, 4) is 5.75 Å². The van der Waals surface area contributed by atoms with Crippen LogP contribution in [-0.4, -0.2) is 29.1 Å². The second kappa shape index (κ2) is 9.93. The monoisotopic (exact) mass is 379 g/mol. The van der Waals surface area contributed by atoms with Crippen LogP contribution in [-0.2, 0) is 24.2 Å². The van der Waals surface area contributed by atoms with Crippen molar-refractivity contribution in [2.45, 2.75) is 45.6 Å². The summed E-state index contributed by atoms with van der Waals surface area (Å²) in [6, 6.07) is 15.9. The van der Waals surface area contributed by atoms with Gasteiger partial charge in [0.2, 0.25) is 5.91 Å². The zero-order valence-corrected chi connectivity index (χ0v) is 16.8. The number of unbranched alkanes of at least 4 members (excludes halogenated alkanes) is 2. The van der Waals surface area contributed by atoms with Crippen LogP contribution in [0.15, 0.2) is 48.5 Å². The van der Waals surface area contributed by atoms with E-state index in [1.807, 2.05) is 30.3 Å². The molecule has 0 spiro atoms. The number of carbonyl (C=O) groups is 1. The van der Waals surface area contributed by atoms with Gasteiger partial charge in [0.05, 0.1) is 24.6 Å². The molecule has 2 aromatic carbocycles. The van der Waals surface area contributed by atoms with E-state index in [-0.39, 0.29) is 5.91 Å². The Balaban J connectivity index is 1.58. The van der Waals surface area contributed by atoms with E-state index in [0.717, 1.165) is 42.0 Å². The van der Waals surface area contributed by atoms with E-state index in [1.54, 1.807) is 7.11 Å². The number of methoxy groups -OCH3 is 1. The van der Waals surface area contributed by atoms with Gasteiger partial charge in [0.1, 0.15) is 11.6 Å². The summed E-state index contributed by atoms with van der Waals surface area (Å²) in [5, 5.41) is 3.02. The largest absolute Gasteiger partial charge is 0.497 e. The van der Waals surface area contributed by atoms with Crippen LogP contribution < -0.4 is 10.1 Å². The maximum absolute atomic E-state index is 12.3. The maximum Gasteiger partial charge on any atom is 0.224 e. The van der Waals surface area contributed by atoms with Crippen LogP contribution in [0, 0.1) is 0 Å². The van der Waals surface area contributed by atoms with Gasteiger partial charge in [-0.3, -0.25) is 4.79 Å². The number of amides is 1. The number of para-hydroxylation sites is 2. The van der Waals surface area contributed by atoms with Gasteiger partial charge in [-0.2, -0.15) is 0 Å². The Kier molecular flexibility index (Phi) is 7.06. The lowest BCUT2D eigenvalue weighted by Gasteiger charge is -2.10. The fourth-order valence-electron chi connectivity index (χ4n) is 3.39. The van der Waals surface area contributed by atoms with Gasteiger partial charge in [0.25, 0.3) is 0 Å². The molecular formula is C23H29N3O2. The molecule has 1 aromatic heterocycles. The fourth-order valence-corrected chi connectivity index (χ4v) is 3.39. The number of aromatic nitrogens is 2. The molecular weight excluding hydrogens is 350 g/mol. The first kappa shape index (κ1) is 19.9.